The van der Waals surface area contributed by atoms with Crippen molar-refractivity contribution >= 4 is 33.2 Å². The quantitative estimate of drug-likeness (QED) is 0.865. The van der Waals surface area contributed by atoms with Crippen LogP contribution in [0.5, 0.6) is 0 Å². The fourth-order valence-electron chi connectivity index (χ4n) is 1.99. The van der Waals surface area contributed by atoms with Crippen molar-refractivity contribution in [2.75, 3.05) is 17.2 Å². The van der Waals surface area contributed by atoms with Crippen LogP contribution in [0.25, 0.3) is 0 Å². The highest BCUT2D eigenvalue weighted by Gasteiger charge is 2.23. The maximum absolute atomic E-state index is 13.9. The standard InChI is InChI=1S/C15H14BrFN2O/c1-2-19(13-9-4-3-8-12(13)18)15(20)14-10(16)6-5-7-11(14)17/h3-9H,2,18H2,1H3. The summed E-state index contributed by atoms with van der Waals surface area (Å²) in [7, 11) is 0. The van der Waals surface area contributed by atoms with Gasteiger partial charge in [-0.2, -0.15) is 0 Å². The molecule has 2 aromatic rings. The van der Waals surface area contributed by atoms with Gasteiger partial charge in [0.05, 0.1) is 16.9 Å². The molecule has 3 nitrogen and oxygen atoms in total. The molecule has 0 aromatic heterocycles. The lowest BCUT2D eigenvalue weighted by Gasteiger charge is -2.23. The van der Waals surface area contributed by atoms with Gasteiger partial charge in [0.15, 0.2) is 0 Å². The third kappa shape index (κ3) is 2.67. The number of rotatable bonds is 3. The van der Waals surface area contributed by atoms with Gasteiger partial charge in [-0.25, -0.2) is 4.39 Å². The summed E-state index contributed by atoms with van der Waals surface area (Å²) in [5, 5.41) is 0. The minimum atomic E-state index is -0.558. The van der Waals surface area contributed by atoms with Crippen LogP contribution < -0.4 is 10.6 Å². The molecule has 104 valence electrons. The lowest BCUT2D eigenvalue weighted by Crippen LogP contribution is -2.32. The van der Waals surface area contributed by atoms with Crippen LogP contribution in [0.4, 0.5) is 15.8 Å². The van der Waals surface area contributed by atoms with Crippen molar-refractivity contribution in [1.29, 1.82) is 0 Å². The number of hydrogen-bond donors (Lipinski definition) is 1. The fraction of sp³-hybridized carbons (Fsp3) is 0.133. The van der Waals surface area contributed by atoms with Crippen LogP contribution in [0.2, 0.25) is 0 Å². The Morgan fingerprint density at radius 3 is 2.55 bits per heavy atom. The predicted octanol–water partition coefficient (Wildman–Crippen LogP) is 3.84. The number of anilines is 2. The van der Waals surface area contributed by atoms with E-state index in [-0.39, 0.29) is 5.56 Å². The average Bonchev–Trinajstić information content (AvgIpc) is 2.41. The molecule has 0 bridgehead atoms. The molecule has 0 fully saturated rings. The van der Waals surface area contributed by atoms with Crippen LogP contribution in [0.1, 0.15) is 17.3 Å². The summed E-state index contributed by atoms with van der Waals surface area (Å²) >= 11 is 3.22. The minimum absolute atomic E-state index is 0.0117. The van der Waals surface area contributed by atoms with E-state index in [9.17, 15) is 9.18 Å². The molecule has 0 atom stereocenters. The van der Waals surface area contributed by atoms with Crippen molar-refractivity contribution in [3.8, 4) is 0 Å². The lowest BCUT2D eigenvalue weighted by molar-refractivity contribution is 0.0983. The first-order valence-electron chi connectivity index (χ1n) is 6.16. The first kappa shape index (κ1) is 14.5. The summed E-state index contributed by atoms with van der Waals surface area (Å²) in [5.41, 5.74) is 6.96. The number of carbonyl (C=O) groups is 1. The van der Waals surface area contributed by atoms with Gasteiger partial charge in [0.1, 0.15) is 5.82 Å². The number of benzene rings is 2. The van der Waals surface area contributed by atoms with Crippen molar-refractivity contribution in [1.82, 2.24) is 0 Å². The second kappa shape index (κ2) is 6.05. The Kier molecular flexibility index (Phi) is 4.39. The SMILES string of the molecule is CCN(C(=O)c1c(F)cccc1Br)c1ccccc1N. The summed E-state index contributed by atoms with van der Waals surface area (Å²) in [6.45, 7) is 2.22. The zero-order valence-corrected chi connectivity index (χ0v) is 12.5. The van der Waals surface area contributed by atoms with E-state index >= 15 is 0 Å². The van der Waals surface area contributed by atoms with E-state index < -0.39 is 11.7 Å². The number of amides is 1. The number of carbonyl (C=O) groups excluding carboxylic acids is 1. The molecule has 0 heterocycles. The molecule has 0 aliphatic rings. The van der Waals surface area contributed by atoms with E-state index in [4.69, 9.17) is 5.73 Å². The van der Waals surface area contributed by atoms with Gasteiger partial charge < -0.3 is 10.6 Å². The molecule has 0 spiro atoms. The number of nitrogens with two attached hydrogens (primary N) is 1. The van der Waals surface area contributed by atoms with Gasteiger partial charge in [0.2, 0.25) is 0 Å². The molecule has 5 heteroatoms. The van der Waals surface area contributed by atoms with Crippen LogP contribution in [0, 0.1) is 5.82 Å². The van der Waals surface area contributed by atoms with E-state index in [0.29, 0.717) is 22.4 Å². The largest absolute Gasteiger partial charge is 0.397 e. The molecule has 0 radical (unpaired) electrons. The lowest BCUT2D eigenvalue weighted by atomic mass is 10.1. The van der Waals surface area contributed by atoms with E-state index in [1.165, 1.54) is 11.0 Å². The monoisotopic (exact) mass is 336 g/mol. The van der Waals surface area contributed by atoms with Crippen LogP contribution in [-0.4, -0.2) is 12.5 Å². The predicted molar refractivity (Wildman–Crippen MR) is 82.3 cm³/mol. The second-order valence-corrected chi connectivity index (χ2v) is 5.06. The van der Waals surface area contributed by atoms with E-state index in [1.807, 2.05) is 6.92 Å². The minimum Gasteiger partial charge on any atom is -0.397 e. The summed E-state index contributed by atoms with van der Waals surface area (Å²) in [6, 6.07) is 11.5. The van der Waals surface area contributed by atoms with E-state index in [0.717, 1.165) is 0 Å². The molecule has 2 rings (SSSR count). The number of para-hydroxylation sites is 2. The maximum atomic E-state index is 13.9. The summed E-state index contributed by atoms with van der Waals surface area (Å²) in [5.74, 6) is -0.979. The van der Waals surface area contributed by atoms with Crippen molar-refractivity contribution in [2.45, 2.75) is 6.92 Å². The van der Waals surface area contributed by atoms with Gasteiger partial charge in [0, 0.05) is 11.0 Å². The van der Waals surface area contributed by atoms with Crippen molar-refractivity contribution in [3.63, 3.8) is 0 Å². The molecule has 20 heavy (non-hydrogen) atoms. The second-order valence-electron chi connectivity index (χ2n) is 4.20. The fourth-order valence-corrected chi connectivity index (χ4v) is 2.51. The number of nitrogens with zero attached hydrogens (tertiary/aromatic N) is 1. The van der Waals surface area contributed by atoms with Gasteiger partial charge in [-0.3, -0.25) is 4.79 Å². The van der Waals surface area contributed by atoms with Gasteiger partial charge >= 0.3 is 0 Å². The highest BCUT2D eigenvalue weighted by atomic mass is 79.9. The van der Waals surface area contributed by atoms with Gasteiger partial charge in [-0.05, 0) is 47.1 Å². The highest BCUT2D eigenvalue weighted by Crippen LogP contribution is 2.27. The highest BCUT2D eigenvalue weighted by molar-refractivity contribution is 9.10. The Morgan fingerprint density at radius 2 is 1.95 bits per heavy atom. The third-order valence-electron chi connectivity index (χ3n) is 2.97. The van der Waals surface area contributed by atoms with Crippen LogP contribution >= 0.6 is 15.9 Å². The zero-order chi connectivity index (χ0) is 14.7. The Hall–Kier alpha value is -1.88. The Morgan fingerprint density at radius 1 is 1.25 bits per heavy atom. The first-order valence-corrected chi connectivity index (χ1v) is 6.96. The van der Waals surface area contributed by atoms with E-state index in [2.05, 4.69) is 15.9 Å². The van der Waals surface area contributed by atoms with E-state index in [1.54, 1.807) is 36.4 Å². The topological polar surface area (TPSA) is 46.3 Å². The van der Waals surface area contributed by atoms with Crippen molar-refractivity contribution in [2.24, 2.45) is 0 Å². The molecule has 1 amide bonds. The average molecular weight is 337 g/mol. The molecule has 0 aliphatic carbocycles. The molecule has 0 unspecified atom stereocenters. The molecular formula is C15H14BrFN2O. The molecule has 0 saturated heterocycles. The number of nitrogen functional groups attached to an aromatic ring is 1. The Balaban J connectivity index is 2.48. The smallest absolute Gasteiger partial charge is 0.262 e. The number of halogens is 2. The zero-order valence-electron chi connectivity index (χ0n) is 10.9. The first-order chi connectivity index (χ1) is 9.56. The van der Waals surface area contributed by atoms with Crippen molar-refractivity contribution in [3.05, 3.63) is 58.3 Å². The van der Waals surface area contributed by atoms with Gasteiger partial charge in [-0.1, -0.05) is 18.2 Å². The van der Waals surface area contributed by atoms with Gasteiger partial charge in [-0.15, -0.1) is 0 Å². The third-order valence-corrected chi connectivity index (χ3v) is 3.63. The summed E-state index contributed by atoms with van der Waals surface area (Å²) in [4.78, 5) is 14.0. The molecule has 2 N–H and O–H groups in total. The molecular weight excluding hydrogens is 323 g/mol. The molecule has 0 aliphatic heterocycles. The Bertz CT molecular complexity index is 625. The normalized spacial score (nSPS) is 10.3. The Labute approximate surface area is 125 Å². The summed E-state index contributed by atoms with van der Waals surface area (Å²) < 4.78 is 14.3. The maximum Gasteiger partial charge on any atom is 0.262 e. The van der Waals surface area contributed by atoms with Crippen LogP contribution in [0.3, 0.4) is 0 Å². The number of hydrogen-bond acceptors (Lipinski definition) is 2. The molecule has 2 aromatic carbocycles. The summed E-state index contributed by atoms with van der Waals surface area (Å²) in [6.07, 6.45) is 0. The van der Waals surface area contributed by atoms with Gasteiger partial charge in [0.25, 0.3) is 5.91 Å². The van der Waals surface area contributed by atoms with Crippen LogP contribution in [-0.2, 0) is 0 Å². The molecule has 0 saturated carbocycles. The van der Waals surface area contributed by atoms with Crippen LogP contribution in [0.15, 0.2) is 46.9 Å². The van der Waals surface area contributed by atoms with Crippen molar-refractivity contribution < 1.29 is 9.18 Å².